The first kappa shape index (κ1) is 71.8. The maximum absolute atomic E-state index is 12.9. The molecule has 6 nitrogen and oxygen atoms in total. The van der Waals surface area contributed by atoms with Crippen molar-refractivity contribution < 1.29 is 28.6 Å². The number of hydrogen-bond acceptors (Lipinski definition) is 6. The first-order valence-electron chi connectivity index (χ1n) is 31.5. The van der Waals surface area contributed by atoms with E-state index in [1.807, 2.05) is 0 Å². The zero-order chi connectivity index (χ0) is 55.0. The predicted molar refractivity (Wildman–Crippen MR) is 330 cm³/mol. The second-order valence-corrected chi connectivity index (χ2v) is 20.6. The summed E-state index contributed by atoms with van der Waals surface area (Å²) < 4.78 is 16.9. The Hall–Kier alpha value is -4.19. The van der Waals surface area contributed by atoms with E-state index in [-0.39, 0.29) is 31.1 Å². The van der Waals surface area contributed by atoms with Gasteiger partial charge in [-0.05, 0) is 135 Å². The Morgan fingerprint density at radius 3 is 0.829 bits per heavy atom. The van der Waals surface area contributed by atoms with Crippen LogP contribution in [0.3, 0.4) is 0 Å². The van der Waals surface area contributed by atoms with Crippen LogP contribution in [-0.4, -0.2) is 37.2 Å². The monoisotopic (exact) mass is 1050 g/mol. The summed E-state index contributed by atoms with van der Waals surface area (Å²) in [4.78, 5) is 38.2. The third-order valence-corrected chi connectivity index (χ3v) is 13.2. The van der Waals surface area contributed by atoms with Crippen molar-refractivity contribution in [2.45, 2.75) is 290 Å². The van der Waals surface area contributed by atoms with Crippen LogP contribution in [0.2, 0.25) is 0 Å². The SMILES string of the molecule is CC/C=C\C/C=C\C/C=C\C/C=C\C/C=C\C/C=C\C/C=C\C/C=C\CCCCCCC(=O)OCC(COC(=O)CCCCCCC/C=C\CCCCCC)OC(=O)CCCCCCC/C=C\CCCCCCCCC. The van der Waals surface area contributed by atoms with Crippen molar-refractivity contribution in [3.05, 3.63) is 122 Å². The smallest absolute Gasteiger partial charge is 0.306 e. The van der Waals surface area contributed by atoms with Gasteiger partial charge in [-0.15, -0.1) is 0 Å². The maximum atomic E-state index is 12.9. The van der Waals surface area contributed by atoms with Crippen LogP contribution in [0.4, 0.5) is 0 Å². The number of ether oxygens (including phenoxy) is 3. The van der Waals surface area contributed by atoms with E-state index in [2.05, 4.69) is 142 Å². The summed E-state index contributed by atoms with van der Waals surface area (Å²) in [6.45, 7) is 6.48. The van der Waals surface area contributed by atoms with Crippen molar-refractivity contribution in [1.29, 1.82) is 0 Å². The molecule has 0 rings (SSSR count). The van der Waals surface area contributed by atoms with Crippen LogP contribution in [0, 0.1) is 0 Å². The molecule has 432 valence electrons. The zero-order valence-corrected chi connectivity index (χ0v) is 49.5. The van der Waals surface area contributed by atoms with Gasteiger partial charge in [0.1, 0.15) is 13.2 Å². The van der Waals surface area contributed by atoms with Gasteiger partial charge in [0.25, 0.3) is 0 Å². The van der Waals surface area contributed by atoms with Gasteiger partial charge in [-0.2, -0.15) is 0 Å². The second kappa shape index (κ2) is 63.3. The van der Waals surface area contributed by atoms with Crippen LogP contribution >= 0.6 is 0 Å². The van der Waals surface area contributed by atoms with Gasteiger partial charge < -0.3 is 14.2 Å². The molecule has 0 heterocycles. The molecule has 0 saturated carbocycles. The average molecular weight is 1050 g/mol. The van der Waals surface area contributed by atoms with Crippen LogP contribution in [0.15, 0.2) is 122 Å². The van der Waals surface area contributed by atoms with Crippen molar-refractivity contribution in [2.24, 2.45) is 0 Å². The summed E-state index contributed by atoms with van der Waals surface area (Å²) in [6.07, 6.45) is 87.7. The van der Waals surface area contributed by atoms with Gasteiger partial charge in [0, 0.05) is 19.3 Å². The summed E-state index contributed by atoms with van der Waals surface area (Å²) in [5.41, 5.74) is 0. The first-order valence-corrected chi connectivity index (χ1v) is 31.5. The van der Waals surface area contributed by atoms with E-state index >= 15 is 0 Å². The highest BCUT2D eigenvalue weighted by Crippen LogP contribution is 2.14. The van der Waals surface area contributed by atoms with E-state index in [1.54, 1.807) is 0 Å². The average Bonchev–Trinajstić information content (AvgIpc) is 3.42. The molecule has 0 spiro atoms. The van der Waals surface area contributed by atoms with E-state index in [0.717, 1.165) is 141 Å². The Balaban J connectivity index is 4.39. The highest BCUT2D eigenvalue weighted by atomic mass is 16.6. The number of allylic oxidation sites excluding steroid dienone is 20. The molecular weight excluding hydrogens is 937 g/mol. The number of hydrogen-bond donors (Lipinski definition) is 0. The summed E-state index contributed by atoms with van der Waals surface area (Å²) in [7, 11) is 0. The molecule has 6 heteroatoms. The van der Waals surface area contributed by atoms with Crippen molar-refractivity contribution in [2.75, 3.05) is 13.2 Å². The lowest BCUT2D eigenvalue weighted by Gasteiger charge is -2.18. The van der Waals surface area contributed by atoms with E-state index in [1.165, 1.54) is 103 Å². The molecule has 1 unspecified atom stereocenters. The summed E-state index contributed by atoms with van der Waals surface area (Å²) in [6, 6.07) is 0. The standard InChI is InChI=1S/C70H116O6/c1-4-7-10-13-16-19-22-25-27-29-30-31-32-33-34-35-36-37-38-39-40-41-43-45-48-51-54-57-60-63-69(72)75-66-67(65-74-68(71)62-59-56-53-50-47-44-24-21-18-15-12-9-6-3)76-70(73)64-61-58-55-52-49-46-42-28-26-23-20-17-14-11-8-5-2/h7,10,16,19,21,24-25,27-28,30-31,33-34,36-37,39-40,42-43,45,67H,4-6,8-9,11-15,17-18,20,22-23,26,29,32,35,38,41,44,46-66H2,1-3H3/b10-7-,19-16-,24-21-,27-25-,31-30-,34-33-,37-36-,40-39-,42-28-,45-43-. The Labute approximate surface area is 469 Å². The quantitative estimate of drug-likeness (QED) is 0.0261. The fraction of sp³-hybridized carbons (Fsp3) is 0.671. The molecule has 0 N–H and O–H groups in total. The molecule has 0 aliphatic carbocycles. The Kier molecular flexibility index (Phi) is 59.9. The molecule has 0 amide bonds. The lowest BCUT2D eigenvalue weighted by molar-refractivity contribution is -0.167. The number of carbonyl (C=O) groups excluding carboxylic acids is 3. The number of unbranched alkanes of at least 4 members (excludes halogenated alkanes) is 25. The minimum absolute atomic E-state index is 0.0953. The summed E-state index contributed by atoms with van der Waals surface area (Å²) in [5, 5.41) is 0. The zero-order valence-electron chi connectivity index (χ0n) is 49.5. The third-order valence-electron chi connectivity index (χ3n) is 13.2. The molecular formula is C70H116O6. The Morgan fingerprint density at radius 1 is 0.276 bits per heavy atom. The molecule has 0 aromatic heterocycles. The lowest BCUT2D eigenvalue weighted by Crippen LogP contribution is -2.30. The van der Waals surface area contributed by atoms with E-state index < -0.39 is 6.10 Å². The molecule has 0 fully saturated rings. The molecule has 1 atom stereocenters. The predicted octanol–water partition coefficient (Wildman–Crippen LogP) is 21.6. The van der Waals surface area contributed by atoms with Crippen molar-refractivity contribution >= 4 is 17.9 Å². The fourth-order valence-electron chi connectivity index (χ4n) is 8.45. The van der Waals surface area contributed by atoms with Gasteiger partial charge in [0.05, 0.1) is 0 Å². The normalized spacial score (nSPS) is 12.9. The van der Waals surface area contributed by atoms with Gasteiger partial charge in [0.2, 0.25) is 0 Å². The van der Waals surface area contributed by atoms with Crippen LogP contribution < -0.4 is 0 Å². The van der Waals surface area contributed by atoms with Gasteiger partial charge in [-0.1, -0.05) is 251 Å². The van der Waals surface area contributed by atoms with Crippen LogP contribution in [0.1, 0.15) is 284 Å². The molecule has 0 radical (unpaired) electrons. The van der Waals surface area contributed by atoms with Crippen LogP contribution in [-0.2, 0) is 28.6 Å². The Morgan fingerprint density at radius 2 is 0.513 bits per heavy atom. The molecule has 0 aromatic carbocycles. The highest BCUT2D eigenvalue weighted by Gasteiger charge is 2.19. The molecule has 0 aromatic rings. The number of carbonyl (C=O) groups is 3. The third kappa shape index (κ3) is 60.7. The highest BCUT2D eigenvalue weighted by molar-refractivity contribution is 5.71. The number of esters is 3. The molecule has 0 bridgehead atoms. The minimum atomic E-state index is -0.800. The van der Waals surface area contributed by atoms with E-state index in [4.69, 9.17) is 14.2 Å². The van der Waals surface area contributed by atoms with Crippen molar-refractivity contribution in [1.82, 2.24) is 0 Å². The fourth-order valence-corrected chi connectivity index (χ4v) is 8.45. The second-order valence-electron chi connectivity index (χ2n) is 20.6. The van der Waals surface area contributed by atoms with E-state index in [9.17, 15) is 14.4 Å². The summed E-state index contributed by atoms with van der Waals surface area (Å²) >= 11 is 0. The van der Waals surface area contributed by atoms with E-state index in [0.29, 0.717) is 19.3 Å². The first-order chi connectivity index (χ1) is 37.5. The van der Waals surface area contributed by atoms with Crippen molar-refractivity contribution in [3.8, 4) is 0 Å². The summed E-state index contributed by atoms with van der Waals surface area (Å²) in [5.74, 6) is -0.935. The largest absolute Gasteiger partial charge is 0.462 e. The molecule has 76 heavy (non-hydrogen) atoms. The maximum Gasteiger partial charge on any atom is 0.306 e. The van der Waals surface area contributed by atoms with Gasteiger partial charge in [-0.3, -0.25) is 14.4 Å². The van der Waals surface area contributed by atoms with Gasteiger partial charge >= 0.3 is 17.9 Å². The Bertz CT molecular complexity index is 1590. The van der Waals surface area contributed by atoms with Crippen LogP contribution in [0.5, 0.6) is 0 Å². The molecule has 0 saturated heterocycles. The molecule has 0 aliphatic rings. The van der Waals surface area contributed by atoms with Crippen molar-refractivity contribution in [3.63, 3.8) is 0 Å². The number of rotatable bonds is 56. The lowest BCUT2D eigenvalue weighted by atomic mass is 10.1. The van der Waals surface area contributed by atoms with Crippen LogP contribution in [0.25, 0.3) is 0 Å². The minimum Gasteiger partial charge on any atom is -0.462 e. The topological polar surface area (TPSA) is 78.9 Å². The molecule has 0 aliphatic heterocycles. The van der Waals surface area contributed by atoms with Gasteiger partial charge in [0.15, 0.2) is 6.10 Å². The van der Waals surface area contributed by atoms with Gasteiger partial charge in [-0.25, -0.2) is 0 Å².